The van der Waals surface area contributed by atoms with E-state index in [-0.39, 0.29) is 11.1 Å². The van der Waals surface area contributed by atoms with E-state index in [4.69, 9.17) is 9.47 Å². The van der Waals surface area contributed by atoms with Crippen molar-refractivity contribution in [1.29, 1.82) is 5.26 Å². The Hall–Kier alpha value is -2.01. The zero-order valence-corrected chi connectivity index (χ0v) is 14.6. The van der Waals surface area contributed by atoms with Gasteiger partial charge in [-0.1, -0.05) is 0 Å². The Kier molecular flexibility index (Phi) is 5.08. The Labute approximate surface area is 142 Å². The van der Waals surface area contributed by atoms with Crippen molar-refractivity contribution in [2.75, 3.05) is 13.7 Å². The van der Waals surface area contributed by atoms with Gasteiger partial charge in [0.25, 0.3) is 5.56 Å². The van der Waals surface area contributed by atoms with Crippen molar-refractivity contribution >= 4 is 22.6 Å². The number of hydrogen-bond acceptors (Lipinski definition) is 4. The van der Waals surface area contributed by atoms with Gasteiger partial charge in [0, 0.05) is 11.3 Å². The van der Waals surface area contributed by atoms with Gasteiger partial charge in [-0.15, -0.1) is 0 Å². The van der Waals surface area contributed by atoms with Crippen LogP contribution in [0.25, 0.3) is 11.1 Å². The van der Waals surface area contributed by atoms with Crippen LogP contribution in [0.4, 0.5) is 0 Å². The summed E-state index contributed by atoms with van der Waals surface area (Å²) in [6, 6.07) is 7.42. The van der Waals surface area contributed by atoms with E-state index in [9.17, 15) is 10.1 Å². The number of hydrogen-bond donors (Lipinski definition) is 1. The molecule has 1 heterocycles. The van der Waals surface area contributed by atoms with E-state index < -0.39 is 0 Å². The largest absolute Gasteiger partial charge is 0.492 e. The lowest BCUT2D eigenvalue weighted by molar-refractivity contribution is 0.310. The molecule has 0 saturated heterocycles. The van der Waals surface area contributed by atoms with Gasteiger partial charge in [-0.2, -0.15) is 5.26 Å². The highest BCUT2D eigenvalue weighted by molar-refractivity contribution is 14.1. The number of H-pyrrole nitrogens is 1. The Balaban J connectivity index is 2.74. The second-order valence-corrected chi connectivity index (χ2v) is 5.77. The predicted octanol–water partition coefficient (Wildman–Crippen LogP) is 3.23. The van der Waals surface area contributed by atoms with Crippen LogP contribution < -0.4 is 15.0 Å². The van der Waals surface area contributed by atoms with Crippen LogP contribution in [0.5, 0.6) is 11.5 Å². The van der Waals surface area contributed by atoms with E-state index in [1.165, 1.54) is 0 Å². The van der Waals surface area contributed by atoms with E-state index >= 15 is 0 Å². The maximum absolute atomic E-state index is 11.9. The van der Waals surface area contributed by atoms with Gasteiger partial charge in [0.2, 0.25) is 0 Å². The number of nitrogens with zero attached hydrogens (tertiary/aromatic N) is 1. The first-order chi connectivity index (χ1) is 10.5. The maximum atomic E-state index is 11.9. The monoisotopic (exact) mass is 410 g/mol. The molecule has 0 amide bonds. The molecule has 22 heavy (non-hydrogen) atoms. The molecule has 1 aromatic heterocycles. The number of methoxy groups -OCH3 is 1. The Bertz CT molecular complexity index is 806. The van der Waals surface area contributed by atoms with Crippen molar-refractivity contribution in [2.45, 2.75) is 13.8 Å². The molecule has 0 atom stereocenters. The molecule has 0 aliphatic heterocycles. The van der Waals surface area contributed by atoms with E-state index in [1.807, 2.05) is 19.1 Å². The third-order valence-electron chi connectivity index (χ3n) is 3.10. The second-order valence-electron chi connectivity index (χ2n) is 4.60. The van der Waals surface area contributed by atoms with Crippen molar-refractivity contribution in [1.82, 2.24) is 4.98 Å². The number of aryl methyl sites for hydroxylation is 1. The molecule has 0 unspecified atom stereocenters. The van der Waals surface area contributed by atoms with Crippen LogP contribution >= 0.6 is 22.6 Å². The highest BCUT2D eigenvalue weighted by Gasteiger charge is 2.16. The molecule has 2 rings (SSSR count). The standard InChI is InChI=1S/C16H15IN2O3/c1-4-22-14-7-10(6-13(17)15(14)21-3)11-5-9(2)19-16(20)12(11)8-18/h5-7H,4H2,1-3H3,(H,19,20). The van der Waals surface area contributed by atoms with Crippen LogP contribution in [0.3, 0.4) is 0 Å². The zero-order valence-electron chi connectivity index (χ0n) is 12.5. The summed E-state index contributed by atoms with van der Waals surface area (Å²) in [5, 5.41) is 9.27. The van der Waals surface area contributed by atoms with Gasteiger partial charge in [-0.3, -0.25) is 4.79 Å². The fourth-order valence-corrected chi connectivity index (χ4v) is 3.03. The number of aromatic amines is 1. The van der Waals surface area contributed by atoms with Crippen LogP contribution in [-0.4, -0.2) is 18.7 Å². The number of nitriles is 1. The Morgan fingerprint density at radius 3 is 2.68 bits per heavy atom. The number of nitrogens with one attached hydrogen (secondary N) is 1. The maximum Gasteiger partial charge on any atom is 0.266 e. The van der Waals surface area contributed by atoms with Gasteiger partial charge in [-0.05, 0) is 60.2 Å². The van der Waals surface area contributed by atoms with Crippen molar-refractivity contribution in [3.05, 3.63) is 43.4 Å². The molecule has 6 heteroatoms. The molecule has 1 N–H and O–H groups in total. The van der Waals surface area contributed by atoms with Gasteiger partial charge < -0.3 is 14.5 Å². The van der Waals surface area contributed by atoms with Gasteiger partial charge in [0.15, 0.2) is 11.5 Å². The van der Waals surface area contributed by atoms with Crippen LogP contribution in [0, 0.1) is 21.8 Å². The van der Waals surface area contributed by atoms with Crippen molar-refractivity contribution in [3.63, 3.8) is 0 Å². The fraction of sp³-hybridized carbons (Fsp3) is 0.250. The summed E-state index contributed by atoms with van der Waals surface area (Å²) in [6.45, 7) is 4.16. The summed E-state index contributed by atoms with van der Waals surface area (Å²) in [4.78, 5) is 14.6. The lowest BCUT2D eigenvalue weighted by Gasteiger charge is -2.14. The highest BCUT2D eigenvalue weighted by atomic mass is 127. The smallest absolute Gasteiger partial charge is 0.266 e. The summed E-state index contributed by atoms with van der Waals surface area (Å²) in [5.74, 6) is 1.24. The van der Waals surface area contributed by atoms with Crippen molar-refractivity contribution in [3.8, 4) is 28.7 Å². The van der Waals surface area contributed by atoms with Gasteiger partial charge >= 0.3 is 0 Å². The molecular weight excluding hydrogens is 395 g/mol. The average molecular weight is 410 g/mol. The van der Waals surface area contributed by atoms with Crippen LogP contribution in [0.15, 0.2) is 23.0 Å². The molecule has 0 fully saturated rings. The molecule has 0 spiro atoms. The summed E-state index contributed by atoms with van der Waals surface area (Å²) in [7, 11) is 1.58. The third-order valence-corrected chi connectivity index (χ3v) is 3.91. The fourth-order valence-electron chi connectivity index (χ4n) is 2.21. The molecule has 0 bridgehead atoms. The van der Waals surface area contributed by atoms with Crippen LogP contribution in [-0.2, 0) is 0 Å². The molecular formula is C16H15IN2O3. The van der Waals surface area contributed by atoms with E-state index in [2.05, 4.69) is 27.6 Å². The normalized spacial score (nSPS) is 10.1. The zero-order chi connectivity index (χ0) is 16.3. The lowest BCUT2D eigenvalue weighted by Crippen LogP contribution is -2.12. The first-order valence-corrected chi connectivity index (χ1v) is 7.74. The molecule has 0 radical (unpaired) electrons. The summed E-state index contributed by atoms with van der Waals surface area (Å²) < 4.78 is 11.8. The Morgan fingerprint density at radius 2 is 2.09 bits per heavy atom. The number of rotatable bonds is 4. The van der Waals surface area contributed by atoms with E-state index in [1.54, 1.807) is 26.2 Å². The highest BCUT2D eigenvalue weighted by Crippen LogP contribution is 2.37. The number of halogens is 1. The molecule has 0 aliphatic carbocycles. The van der Waals surface area contributed by atoms with Crippen molar-refractivity contribution < 1.29 is 9.47 Å². The Morgan fingerprint density at radius 1 is 1.36 bits per heavy atom. The van der Waals surface area contributed by atoms with E-state index in [0.717, 1.165) is 9.13 Å². The number of benzene rings is 1. The van der Waals surface area contributed by atoms with Gasteiger partial charge in [0.1, 0.15) is 11.6 Å². The topological polar surface area (TPSA) is 75.1 Å². The molecule has 2 aromatic rings. The number of pyridine rings is 1. The summed E-state index contributed by atoms with van der Waals surface area (Å²) >= 11 is 2.15. The predicted molar refractivity (Wildman–Crippen MR) is 92.4 cm³/mol. The summed E-state index contributed by atoms with van der Waals surface area (Å²) in [6.07, 6.45) is 0. The molecule has 0 saturated carbocycles. The first-order valence-electron chi connectivity index (χ1n) is 6.66. The minimum Gasteiger partial charge on any atom is -0.492 e. The minimum absolute atomic E-state index is 0.0917. The molecule has 114 valence electrons. The second kappa shape index (κ2) is 6.83. The van der Waals surface area contributed by atoms with Crippen LogP contribution in [0.1, 0.15) is 18.2 Å². The SMILES string of the molecule is CCOc1cc(-c2cc(C)[nH]c(=O)c2C#N)cc(I)c1OC. The van der Waals surface area contributed by atoms with E-state index in [0.29, 0.717) is 29.4 Å². The number of ether oxygens (including phenoxy) is 2. The average Bonchev–Trinajstić information content (AvgIpc) is 2.46. The summed E-state index contributed by atoms with van der Waals surface area (Å²) in [5.41, 5.74) is 1.74. The number of aromatic nitrogens is 1. The van der Waals surface area contributed by atoms with Gasteiger partial charge in [-0.25, -0.2) is 0 Å². The van der Waals surface area contributed by atoms with Gasteiger partial charge in [0.05, 0.1) is 17.3 Å². The molecule has 5 nitrogen and oxygen atoms in total. The molecule has 0 aliphatic rings. The quantitative estimate of drug-likeness (QED) is 0.786. The first kappa shape index (κ1) is 16.4. The third kappa shape index (κ3) is 3.09. The molecule has 1 aromatic carbocycles. The minimum atomic E-state index is -0.388. The lowest BCUT2D eigenvalue weighted by atomic mass is 10.0. The van der Waals surface area contributed by atoms with Crippen LogP contribution in [0.2, 0.25) is 0 Å². The van der Waals surface area contributed by atoms with Crippen molar-refractivity contribution in [2.24, 2.45) is 0 Å².